The molecule has 0 atom stereocenters. The fraction of sp³-hybridized carbons (Fsp3) is 0.500. The third-order valence-electron chi connectivity index (χ3n) is 2.13. The van der Waals surface area contributed by atoms with Crippen LogP contribution in [-0.2, 0) is 0 Å². The van der Waals surface area contributed by atoms with Gasteiger partial charge < -0.3 is 15.3 Å². The molecule has 0 saturated carbocycles. The number of nitrogens with one attached hydrogen (secondary N) is 2. The largest absolute Gasteiger partial charge is 0.493 e. The number of hydrogen-bond donors (Lipinski definition) is 3. The number of anilines is 1. The Bertz CT molecular complexity index is 370. The SMILES string of the molecule is O=c1cc(O)nc(N2CCNCC2)[nH]1. The van der Waals surface area contributed by atoms with Crippen LogP contribution >= 0.6 is 0 Å². The second-order valence-electron chi connectivity index (χ2n) is 3.16. The molecule has 0 spiro atoms. The molecule has 0 bridgehead atoms. The molecule has 0 aliphatic carbocycles. The second-order valence-corrected chi connectivity index (χ2v) is 3.16. The summed E-state index contributed by atoms with van der Waals surface area (Å²) in [5.41, 5.74) is -0.328. The molecule has 0 unspecified atom stereocenters. The van der Waals surface area contributed by atoms with Crippen molar-refractivity contribution in [3.63, 3.8) is 0 Å². The summed E-state index contributed by atoms with van der Waals surface area (Å²) in [5, 5.41) is 12.3. The normalized spacial score (nSPS) is 17.0. The number of aromatic nitrogens is 2. The molecule has 1 aliphatic rings. The average molecular weight is 196 g/mol. The minimum absolute atomic E-state index is 0.234. The fourth-order valence-corrected chi connectivity index (χ4v) is 1.46. The predicted octanol–water partition coefficient (Wildman–Crippen LogP) is -1.11. The van der Waals surface area contributed by atoms with E-state index in [0.29, 0.717) is 5.95 Å². The first-order chi connectivity index (χ1) is 6.75. The maximum absolute atomic E-state index is 11.1. The second kappa shape index (κ2) is 3.67. The van der Waals surface area contributed by atoms with Crippen molar-refractivity contribution in [2.45, 2.75) is 0 Å². The Morgan fingerprint density at radius 2 is 2.14 bits per heavy atom. The highest BCUT2D eigenvalue weighted by molar-refractivity contribution is 5.32. The van der Waals surface area contributed by atoms with E-state index in [-0.39, 0.29) is 11.4 Å². The molecule has 1 saturated heterocycles. The van der Waals surface area contributed by atoms with Gasteiger partial charge in [0.1, 0.15) is 0 Å². The minimum Gasteiger partial charge on any atom is -0.493 e. The number of H-pyrrole nitrogens is 1. The van der Waals surface area contributed by atoms with Crippen LogP contribution in [0.1, 0.15) is 0 Å². The molecule has 0 amide bonds. The van der Waals surface area contributed by atoms with Gasteiger partial charge in [-0.05, 0) is 0 Å². The zero-order valence-electron chi connectivity index (χ0n) is 7.66. The van der Waals surface area contributed by atoms with Crippen LogP contribution in [0.5, 0.6) is 5.88 Å². The van der Waals surface area contributed by atoms with Crippen molar-refractivity contribution in [2.75, 3.05) is 31.1 Å². The van der Waals surface area contributed by atoms with Gasteiger partial charge in [-0.1, -0.05) is 0 Å². The summed E-state index contributed by atoms with van der Waals surface area (Å²) in [6.45, 7) is 3.29. The fourth-order valence-electron chi connectivity index (χ4n) is 1.46. The van der Waals surface area contributed by atoms with Crippen LogP contribution in [0, 0.1) is 0 Å². The Hall–Kier alpha value is -1.56. The molecule has 1 fully saturated rings. The monoisotopic (exact) mass is 196 g/mol. The molecule has 76 valence electrons. The minimum atomic E-state index is -0.328. The Morgan fingerprint density at radius 1 is 1.43 bits per heavy atom. The van der Waals surface area contributed by atoms with E-state index in [1.807, 2.05) is 4.90 Å². The maximum atomic E-state index is 11.1. The number of hydrogen-bond acceptors (Lipinski definition) is 5. The summed E-state index contributed by atoms with van der Waals surface area (Å²) in [4.78, 5) is 19.4. The van der Waals surface area contributed by atoms with Gasteiger partial charge in [-0.25, -0.2) is 0 Å². The quantitative estimate of drug-likeness (QED) is 0.530. The van der Waals surface area contributed by atoms with E-state index < -0.39 is 0 Å². The van der Waals surface area contributed by atoms with Crippen molar-refractivity contribution in [1.29, 1.82) is 0 Å². The standard InChI is InChI=1S/C8H12N4O2/c13-6-5-7(14)11-8(10-6)12-3-1-9-2-4-12/h5,9H,1-4H2,(H2,10,11,13,14). The van der Waals surface area contributed by atoms with Gasteiger partial charge in [-0.15, -0.1) is 0 Å². The molecule has 14 heavy (non-hydrogen) atoms. The van der Waals surface area contributed by atoms with E-state index in [2.05, 4.69) is 15.3 Å². The Morgan fingerprint density at radius 3 is 2.79 bits per heavy atom. The first-order valence-corrected chi connectivity index (χ1v) is 4.52. The first-order valence-electron chi connectivity index (χ1n) is 4.52. The first kappa shape index (κ1) is 9.01. The van der Waals surface area contributed by atoms with Gasteiger partial charge >= 0.3 is 0 Å². The van der Waals surface area contributed by atoms with Crippen molar-refractivity contribution in [2.24, 2.45) is 0 Å². The lowest BCUT2D eigenvalue weighted by molar-refractivity contribution is 0.449. The highest BCUT2D eigenvalue weighted by Crippen LogP contribution is 2.08. The molecule has 2 rings (SSSR count). The van der Waals surface area contributed by atoms with E-state index >= 15 is 0 Å². The van der Waals surface area contributed by atoms with Crippen molar-refractivity contribution in [1.82, 2.24) is 15.3 Å². The van der Waals surface area contributed by atoms with Gasteiger partial charge in [-0.2, -0.15) is 4.98 Å². The lowest BCUT2D eigenvalue weighted by Gasteiger charge is -2.27. The number of aromatic amines is 1. The van der Waals surface area contributed by atoms with Crippen molar-refractivity contribution in [3.05, 3.63) is 16.4 Å². The van der Waals surface area contributed by atoms with Gasteiger partial charge in [0.05, 0.1) is 6.07 Å². The Labute approximate surface area is 80.6 Å². The zero-order valence-corrected chi connectivity index (χ0v) is 7.66. The summed E-state index contributed by atoms with van der Waals surface area (Å²) in [7, 11) is 0. The third-order valence-corrected chi connectivity index (χ3v) is 2.13. The van der Waals surface area contributed by atoms with Gasteiger partial charge in [0, 0.05) is 26.2 Å². The molecule has 6 heteroatoms. The summed E-state index contributed by atoms with van der Waals surface area (Å²) in [6, 6.07) is 1.06. The molecular weight excluding hydrogens is 184 g/mol. The molecule has 6 nitrogen and oxygen atoms in total. The Kier molecular flexibility index (Phi) is 2.36. The van der Waals surface area contributed by atoms with Crippen molar-refractivity contribution >= 4 is 5.95 Å². The molecule has 3 N–H and O–H groups in total. The zero-order chi connectivity index (χ0) is 9.97. The highest BCUT2D eigenvalue weighted by Gasteiger charge is 2.12. The van der Waals surface area contributed by atoms with Crippen molar-refractivity contribution in [3.8, 4) is 5.88 Å². The number of nitrogens with zero attached hydrogens (tertiary/aromatic N) is 2. The number of rotatable bonds is 1. The summed E-state index contributed by atoms with van der Waals surface area (Å²) in [5.74, 6) is 0.207. The summed E-state index contributed by atoms with van der Waals surface area (Å²) >= 11 is 0. The van der Waals surface area contributed by atoms with E-state index in [9.17, 15) is 4.79 Å². The van der Waals surface area contributed by atoms with E-state index in [4.69, 9.17) is 5.11 Å². The van der Waals surface area contributed by atoms with Crippen LogP contribution in [0.15, 0.2) is 10.9 Å². The summed E-state index contributed by atoms with van der Waals surface area (Å²) < 4.78 is 0. The third kappa shape index (κ3) is 1.85. The molecule has 1 aromatic heterocycles. The number of piperazine rings is 1. The molecule has 0 aromatic carbocycles. The van der Waals surface area contributed by atoms with Gasteiger partial charge in [-0.3, -0.25) is 9.78 Å². The maximum Gasteiger partial charge on any atom is 0.256 e. The topological polar surface area (TPSA) is 81.2 Å². The lowest BCUT2D eigenvalue weighted by Crippen LogP contribution is -2.44. The molecule has 0 radical (unpaired) electrons. The summed E-state index contributed by atoms with van der Waals surface area (Å²) in [6.07, 6.45) is 0. The van der Waals surface area contributed by atoms with Crippen LogP contribution in [-0.4, -0.2) is 41.3 Å². The van der Waals surface area contributed by atoms with Crippen LogP contribution in [0.4, 0.5) is 5.95 Å². The number of aromatic hydroxyl groups is 1. The van der Waals surface area contributed by atoms with E-state index in [0.717, 1.165) is 32.2 Å². The van der Waals surface area contributed by atoms with Gasteiger partial charge in [0.15, 0.2) is 0 Å². The van der Waals surface area contributed by atoms with E-state index in [1.165, 1.54) is 0 Å². The smallest absolute Gasteiger partial charge is 0.256 e. The van der Waals surface area contributed by atoms with Crippen molar-refractivity contribution < 1.29 is 5.11 Å². The van der Waals surface area contributed by atoms with Gasteiger partial charge in [0.2, 0.25) is 11.8 Å². The molecule has 1 aliphatic heterocycles. The van der Waals surface area contributed by atoms with Gasteiger partial charge in [0.25, 0.3) is 5.56 Å². The van der Waals surface area contributed by atoms with Crippen LogP contribution in [0.2, 0.25) is 0 Å². The lowest BCUT2D eigenvalue weighted by atomic mass is 10.4. The molecule has 1 aromatic rings. The van der Waals surface area contributed by atoms with Crippen LogP contribution < -0.4 is 15.8 Å². The van der Waals surface area contributed by atoms with Crippen LogP contribution in [0.25, 0.3) is 0 Å². The molecule has 2 heterocycles. The highest BCUT2D eigenvalue weighted by atomic mass is 16.3. The average Bonchev–Trinajstić information content (AvgIpc) is 2.18. The van der Waals surface area contributed by atoms with E-state index in [1.54, 1.807) is 0 Å². The molecular formula is C8H12N4O2. The Balaban J connectivity index is 2.26. The van der Waals surface area contributed by atoms with Crippen LogP contribution in [0.3, 0.4) is 0 Å². The predicted molar refractivity (Wildman–Crippen MR) is 51.6 cm³/mol.